The fourth-order valence-corrected chi connectivity index (χ4v) is 2.34. The van der Waals surface area contributed by atoms with E-state index < -0.39 is 5.97 Å². The highest BCUT2D eigenvalue weighted by atomic mass is 16.5. The van der Waals surface area contributed by atoms with Crippen molar-refractivity contribution in [3.63, 3.8) is 0 Å². The van der Waals surface area contributed by atoms with E-state index in [0.717, 1.165) is 22.7 Å². The Balaban J connectivity index is 2.03. The molecule has 0 aromatic carbocycles. The first-order valence-corrected chi connectivity index (χ1v) is 6.80. The summed E-state index contributed by atoms with van der Waals surface area (Å²) in [4.78, 5) is 16.1. The van der Waals surface area contributed by atoms with Crippen LogP contribution in [0.25, 0.3) is 11.3 Å². The van der Waals surface area contributed by atoms with Crippen LogP contribution in [-0.2, 0) is 11.8 Å². The summed E-state index contributed by atoms with van der Waals surface area (Å²) in [6.07, 6.45) is 4.16. The summed E-state index contributed by atoms with van der Waals surface area (Å²) in [6, 6.07) is 3.65. The van der Waals surface area contributed by atoms with Crippen LogP contribution in [0.2, 0.25) is 0 Å². The molecular formula is C15H17N3O3. The van der Waals surface area contributed by atoms with Crippen molar-refractivity contribution >= 4 is 5.97 Å². The molecule has 6 heteroatoms. The van der Waals surface area contributed by atoms with Gasteiger partial charge in [-0.15, -0.1) is 0 Å². The average Bonchev–Trinajstić information content (AvgIpc) is 3.28. The van der Waals surface area contributed by atoms with Gasteiger partial charge in [0, 0.05) is 30.9 Å². The van der Waals surface area contributed by atoms with Crippen LogP contribution in [0, 0.1) is 0 Å². The van der Waals surface area contributed by atoms with E-state index in [2.05, 4.69) is 10.1 Å². The van der Waals surface area contributed by atoms with E-state index in [1.54, 1.807) is 31.1 Å². The molecule has 2 aromatic rings. The van der Waals surface area contributed by atoms with Gasteiger partial charge in [0.2, 0.25) is 0 Å². The Hall–Kier alpha value is -2.37. The van der Waals surface area contributed by atoms with Gasteiger partial charge in [0.25, 0.3) is 0 Å². The Labute approximate surface area is 122 Å². The summed E-state index contributed by atoms with van der Waals surface area (Å²) < 4.78 is 11.8. The maximum absolute atomic E-state index is 11.6. The van der Waals surface area contributed by atoms with E-state index in [0.29, 0.717) is 5.92 Å². The Morgan fingerprint density at radius 2 is 2.10 bits per heavy atom. The van der Waals surface area contributed by atoms with Crippen molar-refractivity contribution < 1.29 is 14.3 Å². The first-order valence-electron chi connectivity index (χ1n) is 6.80. The zero-order chi connectivity index (χ0) is 15.0. The number of nitrogens with zero attached hydrogens (tertiary/aromatic N) is 3. The second-order valence-electron chi connectivity index (χ2n) is 5.11. The molecule has 0 atom stereocenters. The molecular weight excluding hydrogens is 270 g/mol. The lowest BCUT2D eigenvalue weighted by molar-refractivity contribution is 0.0593. The largest absolute Gasteiger partial charge is 0.496 e. The predicted molar refractivity (Wildman–Crippen MR) is 76.3 cm³/mol. The highest BCUT2D eigenvalue weighted by Crippen LogP contribution is 2.41. The third-order valence-electron chi connectivity index (χ3n) is 3.65. The van der Waals surface area contributed by atoms with Crippen molar-refractivity contribution in [2.24, 2.45) is 7.05 Å². The van der Waals surface area contributed by atoms with Gasteiger partial charge in [0.15, 0.2) is 5.69 Å². The molecule has 2 aromatic heterocycles. The summed E-state index contributed by atoms with van der Waals surface area (Å²) in [5, 5.41) is 4.16. The molecule has 1 aliphatic carbocycles. The lowest BCUT2D eigenvalue weighted by Gasteiger charge is -2.09. The van der Waals surface area contributed by atoms with Crippen molar-refractivity contribution in [2.75, 3.05) is 14.2 Å². The van der Waals surface area contributed by atoms with Crippen LogP contribution < -0.4 is 4.74 Å². The van der Waals surface area contributed by atoms with Gasteiger partial charge in [-0.05, 0) is 18.9 Å². The quantitative estimate of drug-likeness (QED) is 0.806. The zero-order valence-electron chi connectivity index (χ0n) is 12.3. The summed E-state index contributed by atoms with van der Waals surface area (Å²) >= 11 is 0. The molecule has 2 heterocycles. The molecule has 0 amide bonds. The van der Waals surface area contributed by atoms with Crippen molar-refractivity contribution in [3.05, 3.63) is 29.7 Å². The highest BCUT2D eigenvalue weighted by molar-refractivity contribution is 5.89. The van der Waals surface area contributed by atoms with E-state index in [1.165, 1.54) is 20.0 Å². The Bertz CT molecular complexity index is 689. The number of carbonyl (C=O) groups excluding carboxylic acids is 1. The fraction of sp³-hybridized carbons (Fsp3) is 0.400. The molecule has 110 valence electrons. The first-order chi connectivity index (χ1) is 10.1. The van der Waals surface area contributed by atoms with E-state index in [-0.39, 0.29) is 5.69 Å². The van der Waals surface area contributed by atoms with E-state index in [9.17, 15) is 4.79 Å². The SMILES string of the molecule is COC(=O)c1cc(-c2cnc(C3CC3)cc2OC)n(C)n1. The molecule has 0 N–H and O–H groups in total. The molecule has 0 aliphatic heterocycles. The van der Waals surface area contributed by atoms with Crippen LogP contribution in [0.1, 0.15) is 34.9 Å². The smallest absolute Gasteiger partial charge is 0.358 e. The van der Waals surface area contributed by atoms with Gasteiger partial charge in [-0.25, -0.2) is 4.79 Å². The van der Waals surface area contributed by atoms with Crippen molar-refractivity contribution in [3.8, 4) is 17.0 Å². The predicted octanol–water partition coefficient (Wildman–Crippen LogP) is 2.15. The summed E-state index contributed by atoms with van der Waals surface area (Å²) in [5.41, 5.74) is 2.91. The van der Waals surface area contributed by atoms with Crippen LogP contribution >= 0.6 is 0 Å². The monoisotopic (exact) mass is 287 g/mol. The molecule has 0 unspecified atom stereocenters. The van der Waals surface area contributed by atoms with Crippen molar-refractivity contribution in [1.82, 2.24) is 14.8 Å². The second kappa shape index (κ2) is 5.20. The standard InChI is InChI=1S/C15H17N3O3/c1-18-13(6-12(17-18)15(19)21-3)10-8-16-11(9-4-5-9)7-14(10)20-2/h6-9H,4-5H2,1-3H3. The summed E-state index contributed by atoms with van der Waals surface area (Å²) in [7, 11) is 4.74. The van der Waals surface area contributed by atoms with Crippen molar-refractivity contribution in [1.29, 1.82) is 0 Å². The number of methoxy groups -OCH3 is 2. The van der Waals surface area contributed by atoms with Crippen LogP contribution in [0.5, 0.6) is 5.75 Å². The number of rotatable bonds is 4. The minimum absolute atomic E-state index is 0.267. The molecule has 0 spiro atoms. The number of hydrogen-bond acceptors (Lipinski definition) is 5. The zero-order valence-corrected chi connectivity index (χ0v) is 12.3. The minimum Gasteiger partial charge on any atom is -0.496 e. The van der Waals surface area contributed by atoms with Gasteiger partial charge in [0.05, 0.1) is 25.5 Å². The van der Waals surface area contributed by atoms with Crippen LogP contribution in [0.4, 0.5) is 0 Å². The Kier molecular flexibility index (Phi) is 3.37. The molecule has 21 heavy (non-hydrogen) atoms. The molecule has 0 saturated heterocycles. The second-order valence-corrected chi connectivity index (χ2v) is 5.11. The van der Waals surface area contributed by atoms with Gasteiger partial charge in [-0.1, -0.05) is 0 Å². The Morgan fingerprint density at radius 3 is 2.71 bits per heavy atom. The van der Waals surface area contributed by atoms with Crippen molar-refractivity contribution in [2.45, 2.75) is 18.8 Å². The molecule has 1 aliphatic rings. The van der Waals surface area contributed by atoms with E-state index >= 15 is 0 Å². The third kappa shape index (κ3) is 2.49. The van der Waals surface area contributed by atoms with Gasteiger partial charge >= 0.3 is 5.97 Å². The number of hydrogen-bond donors (Lipinski definition) is 0. The summed E-state index contributed by atoms with van der Waals surface area (Å²) in [5.74, 6) is 0.842. The lowest BCUT2D eigenvalue weighted by atomic mass is 10.1. The molecule has 1 fully saturated rings. The number of ether oxygens (including phenoxy) is 2. The number of aryl methyl sites for hydroxylation is 1. The lowest BCUT2D eigenvalue weighted by Crippen LogP contribution is -2.03. The number of aromatic nitrogens is 3. The fourth-order valence-electron chi connectivity index (χ4n) is 2.34. The number of esters is 1. The highest BCUT2D eigenvalue weighted by Gasteiger charge is 2.26. The molecule has 6 nitrogen and oxygen atoms in total. The van der Waals surface area contributed by atoms with Gasteiger partial charge < -0.3 is 9.47 Å². The molecule has 0 bridgehead atoms. The van der Waals surface area contributed by atoms with Gasteiger partial charge in [-0.2, -0.15) is 5.10 Å². The molecule has 0 radical (unpaired) electrons. The Morgan fingerprint density at radius 1 is 1.33 bits per heavy atom. The number of carbonyl (C=O) groups is 1. The third-order valence-corrected chi connectivity index (χ3v) is 3.65. The summed E-state index contributed by atoms with van der Waals surface area (Å²) in [6.45, 7) is 0. The van der Waals surface area contributed by atoms with Gasteiger partial charge in [0.1, 0.15) is 5.75 Å². The topological polar surface area (TPSA) is 66.2 Å². The molecule has 1 saturated carbocycles. The van der Waals surface area contributed by atoms with E-state index in [4.69, 9.17) is 9.47 Å². The maximum atomic E-state index is 11.6. The first kappa shape index (κ1) is 13.6. The van der Waals surface area contributed by atoms with Crippen LogP contribution in [0.3, 0.4) is 0 Å². The normalized spacial score (nSPS) is 14.0. The van der Waals surface area contributed by atoms with Gasteiger partial charge in [-0.3, -0.25) is 9.67 Å². The van der Waals surface area contributed by atoms with Crippen LogP contribution in [-0.4, -0.2) is 35.0 Å². The number of pyridine rings is 1. The average molecular weight is 287 g/mol. The molecule has 3 rings (SSSR count). The van der Waals surface area contributed by atoms with E-state index in [1.807, 2.05) is 6.07 Å². The van der Waals surface area contributed by atoms with Crippen LogP contribution in [0.15, 0.2) is 18.3 Å². The minimum atomic E-state index is -0.460. The maximum Gasteiger partial charge on any atom is 0.358 e.